The normalized spacial score (nSPS) is 24.2. The van der Waals surface area contributed by atoms with Crippen LogP contribution in [0.25, 0.3) is 0 Å². The number of hydrogen-bond donors (Lipinski definition) is 2. The van der Waals surface area contributed by atoms with Crippen LogP contribution in [-0.2, 0) is 4.79 Å². The average Bonchev–Trinajstić information content (AvgIpc) is 2.98. The van der Waals surface area contributed by atoms with Gasteiger partial charge in [-0.25, -0.2) is 4.98 Å². The highest BCUT2D eigenvalue weighted by molar-refractivity contribution is 8.01. The Morgan fingerprint density at radius 3 is 3.06 bits per heavy atom. The van der Waals surface area contributed by atoms with Gasteiger partial charge in [0.25, 0.3) is 0 Å². The third kappa shape index (κ3) is 2.67. The molecule has 2 heterocycles. The van der Waals surface area contributed by atoms with Gasteiger partial charge in [-0.15, -0.1) is 23.1 Å². The topological polar surface area (TPSA) is 74.6 Å². The number of rotatable bonds is 3. The lowest BCUT2D eigenvalue weighted by molar-refractivity contribution is -0.118. The van der Waals surface area contributed by atoms with E-state index in [0.717, 1.165) is 18.6 Å². The van der Waals surface area contributed by atoms with Crippen LogP contribution < -0.4 is 5.32 Å². The van der Waals surface area contributed by atoms with E-state index in [0.29, 0.717) is 16.5 Å². The molecule has 0 radical (unpaired) electrons. The fourth-order valence-corrected chi connectivity index (χ4v) is 3.70. The Balaban J connectivity index is 2.05. The van der Waals surface area contributed by atoms with Gasteiger partial charge in [0, 0.05) is 5.38 Å². The molecule has 0 aromatic carbocycles. The van der Waals surface area contributed by atoms with Gasteiger partial charge < -0.3 is 10.5 Å². The third-order valence-corrected chi connectivity index (χ3v) is 5.22. The fourth-order valence-electron chi connectivity index (χ4n) is 1.74. The van der Waals surface area contributed by atoms with Crippen molar-refractivity contribution in [1.29, 1.82) is 0 Å². The molecule has 1 aromatic heterocycles. The van der Waals surface area contributed by atoms with Crippen molar-refractivity contribution in [1.82, 2.24) is 4.98 Å². The highest BCUT2D eigenvalue weighted by Gasteiger charge is 2.37. The van der Waals surface area contributed by atoms with Gasteiger partial charge in [0.05, 0.1) is 4.75 Å². The number of oxime groups is 1. The number of carbonyl (C=O) groups is 1. The van der Waals surface area contributed by atoms with Gasteiger partial charge in [0.1, 0.15) is 11.4 Å². The summed E-state index contributed by atoms with van der Waals surface area (Å²) in [5.41, 5.74) is 1.02. The van der Waals surface area contributed by atoms with E-state index in [9.17, 15) is 4.79 Å². The molecule has 0 aliphatic carbocycles. The average molecular weight is 285 g/mol. The highest BCUT2D eigenvalue weighted by atomic mass is 32.2. The highest BCUT2D eigenvalue weighted by Crippen LogP contribution is 2.38. The van der Waals surface area contributed by atoms with Crippen molar-refractivity contribution < 1.29 is 10.0 Å². The van der Waals surface area contributed by atoms with E-state index < -0.39 is 0 Å². The van der Waals surface area contributed by atoms with E-state index in [1.807, 2.05) is 6.92 Å². The van der Waals surface area contributed by atoms with E-state index in [1.165, 1.54) is 11.3 Å². The number of amides is 1. The summed E-state index contributed by atoms with van der Waals surface area (Å²) >= 11 is 3.03. The Bertz CT molecular complexity index is 478. The van der Waals surface area contributed by atoms with Gasteiger partial charge in [-0.2, -0.15) is 0 Å². The summed E-state index contributed by atoms with van der Waals surface area (Å²) in [6, 6.07) is 0. The molecule has 1 amide bonds. The quantitative estimate of drug-likeness (QED) is 0.508. The Labute approximate surface area is 114 Å². The Kier molecular flexibility index (Phi) is 3.91. The molecule has 7 heteroatoms. The molecule has 1 aliphatic heterocycles. The molecule has 0 bridgehead atoms. The van der Waals surface area contributed by atoms with Crippen molar-refractivity contribution in [3.05, 3.63) is 11.1 Å². The number of carbonyl (C=O) groups excluding carboxylic acids is 1. The van der Waals surface area contributed by atoms with Crippen molar-refractivity contribution in [2.24, 2.45) is 5.16 Å². The molecule has 98 valence electrons. The molecule has 1 aromatic rings. The van der Waals surface area contributed by atoms with Crippen LogP contribution >= 0.6 is 23.1 Å². The third-order valence-electron chi connectivity index (χ3n) is 2.94. The maximum absolute atomic E-state index is 12.1. The smallest absolute Gasteiger partial charge is 0.242 e. The summed E-state index contributed by atoms with van der Waals surface area (Å²) in [6.45, 7) is 3.63. The van der Waals surface area contributed by atoms with Gasteiger partial charge >= 0.3 is 0 Å². The lowest BCUT2D eigenvalue weighted by atomic mass is 10.1. The second-order valence-corrected chi connectivity index (χ2v) is 6.82. The molecule has 1 atom stereocenters. The number of aromatic nitrogens is 1. The van der Waals surface area contributed by atoms with Crippen LogP contribution in [0.5, 0.6) is 0 Å². The summed E-state index contributed by atoms with van der Waals surface area (Å²) in [7, 11) is 0. The van der Waals surface area contributed by atoms with Crippen molar-refractivity contribution in [2.45, 2.75) is 31.4 Å². The van der Waals surface area contributed by atoms with E-state index in [-0.39, 0.29) is 10.7 Å². The standard InChI is InChI=1S/C11H15N3O2S2/c1-7(14-16)8-6-17-10(12-8)13-9(15)11(2)4-3-5-18-11/h6,16H,3-5H2,1-2H3,(H,12,13,15). The minimum Gasteiger partial charge on any atom is -0.411 e. The molecule has 1 aliphatic rings. The molecule has 5 nitrogen and oxygen atoms in total. The van der Waals surface area contributed by atoms with Gasteiger partial charge in [-0.3, -0.25) is 4.79 Å². The van der Waals surface area contributed by atoms with Crippen LogP contribution in [0.15, 0.2) is 10.5 Å². The van der Waals surface area contributed by atoms with Crippen LogP contribution in [0.2, 0.25) is 0 Å². The zero-order valence-electron chi connectivity index (χ0n) is 10.3. The molecule has 18 heavy (non-hydrogen) atoms. The first-order chi connectivity index (χ1) is 8.55. The monoisotopic (exact) mass is 285 g/mol. The molecule has 1 saturated heterocycles. The van der Waals surface area contributed by atoms with Gasteiger partial charge in [0.2, 0.25) is 5.91 Å². The largest absolute Gasteiger partial charge is 0.411 e. The van der Waals surface area contributed by atoms with Crippen LogP contribution in [-0.4, -0.2) is 32.3 Å². The van der Waals surface area contributed by atoms with E-state index >= 15 is 0 Å². The SMILES string of the molecule is CC(=NO)c1csc(NC(=O)C2(C)CCCS2)n1. The zero-order valence-corrected chi connectivity index (χ0v) is 11.9. The number of thioether (sulfide) groups is 1. The summed E-state index contributed by atoms with van der Waals surface area (Å²) < 4.78 is -0.341. The molecule has 2 rings (SSSR count). The minimum atomic E-state index is -0.341. The lowest BCUT2D eigenvalue weighted by Crippen LogP contribution is -2.34. The first-order valence-electron chi connectivity index (χ1n) is 5.65. The van der Waals surface area contributed by atoms with Crippen LogP contribution in [0.1, 0.15) is 32.4 Å². The molecular weight excluding hydrogens is 270 g/mol. The van der Waals surface area contributed by atoms with Crippen molar-refractivity contribution in [2.75, 3.05) is 11.1 Å². The molecule has 0 saturated carbocycles. The summed E-state index contributed by atoms with van der Waals surface area (Å²) in [6.07, 6.45) is 1.98. The Hall–Kier alpha value is -1.08. The van der Waals surface area contributed by atoms with Gasteiger partial charge in [0.15, 0.2) is 5.13 Å². The Morgan fingerprint density at radius 1 is 1.67 bits per heavy atom. The molecule has 2 N–H and O–H groups in total. The predicted octanol–water partition coefficient (Wildman–Crippen LogP) is 2.57. The van der Waals surface area contributed by atoms with Crippen LogP contribution in [0, 0.1) is 0 Å². The zero-order chi connectivity index (χ0) is 13.2. The van der Waals surface area contributed by atoms with E-state index in [1.54, 1.807) is 24.1 Å². The van der Waals surface area contributed by atoms with Crippen molar-refractivity contribution in [3.8, 4) is 0 Å². The van der Waals surface area contributed by atoms with Crippen molar-refractivity contribution >= 4 is 39.8 Å². The summed E-state index contributed by atoms with van der Waals surface area (Å²) in [5.74, 6) is 1.04. The van der Waals surface area contributed by atoms with Crippen LogP contribution in [0.4, 0.5) is 5.13 Å². The first-order valence-corrected chi connectivity index (χ1v) is 7.52. The number of nitrogens with one attached hydrogen (secondary N) is 1. The summed E-state index contributed by atoms with van der Waals surface area (Å²) in [4.78, 5) is 16.4. The number of nitrogens with zero attached hydrogens (tertiary/aromatic N) is 2. The second kappa shape index (κ2) is 5.27. The number of hydrogen-bond acceptors (Lipinski definition) is 6. The van der Waals surface area contributed by atoms with Crippen LogP contribution in [0.3, 0.4) is 0 Å². The maximum Gasteiger partial charge on any atom is 0.242 e. The van der Waals surface area contributed by atoms with Gasteiger partial charge in [-0.05, 0) is 32.4 Å². The predicted molar refractivity (Wildman–Crippen MR) is 74.8 cm³/mol. The second-order valence-electron chi connectivity index (χ2n) is 4.36. The molecule has 1 unspecified atom stereocenters. The molecule has 1 fully saturated rings. The van der Waals surface area contributed by atoms with Gasteiger partial charge in [-0.1, -0.05) is 5.16 Å². The van der Waals surface area contributed by atoms with E-state index in [4.69, 9.17) is 5.21 Å². The van der Waals surface area contributed by atoms with E-state index in [2.05, 4.69) is 15.5 Å². The number of thiazole rings is 1. The number of anilines is 1. The fraction of sp³-hybridized carbons (Fsp3) is 0.545. The minimum absolute atomic E-state index is 0.00416. The maximum atomic E-state index is 12.1. The van der Waals surface area contributed by atoms with Crippen molar-refractivity contribution in [3.63, 3.8) is 0 Å². The Morgan fingerprint density at radius 2 is 2.44 bits per heavy atom. The first kappa shape index (κ1) is 13.4. The molecule has 0 spiro atoms. The molecular formula is C11H15N3O2S2. The summed E-state index contributed by atoms with van der Waals surface area (Å²) in [5, 5.41) is 16.9. The lowest BCUT2D eigenvalue weighted by Gasteiger charge is -2.20.